The van der Waals surface area contributed by atoms with Crippen LogP contribution in [0.25, 0.3) is 0 Å². The molecule has 22 heavy (non-hydrogen) atoms. The van der Waals surface area contributed by atoms with Crippen molar-refractivity contribution in [1.82, 2.24) is 0 Å². The highest BCUT2D eigenvalue weighted by atomic mass is 32.2. The molecule has 0 fully saturated rings. The van der Waals surface area contributed by atoms with Gasteiger partial charge in [-0.25, -0.2) is 0 Å². The van der Waals surface area contributed by atoms with Crippen LogP contribution in [-0.4, -0.2) is 29.4 Å². The molecule has 0 heterocycles. The smallest absolute Gasteiger partial charge is 0.267 e. The van der Waals surface area contributed by atoms with Crippen LogP contribution in [0, 0.1) is 0 Å². The van der Waals surface area contributed by atoms with Crippen LogP contribution in [0.5, 0.6) is 0 Å². The van der Waals surface area contributed by atoms with Gasteiger partial charge in [-0.15, -0.1) is 0 Å². The second-order valence-electron chi connectivity index (χ2n) is 6.39. The van der Waals surface area contributed by atoms with Gasteiger partial charge in [-0.3, -0.25) is 4.55 Å². The minimum atomic E-state index is -3.88. The minimum absolute atomic E-state index is 0.178. The zero-order valence-electron chi connectivity index (χ0n) is 14.5. The van der Waals surface area contributed by atoms with E-state index in [4.69, 9.17) is 4.55 Å². The predicted octanol–water partition coefficient (Wildman–Crippen LogP) is 4.71. The molecule has 5 heteroatoms. The minimum Gasteiger partial charge on any atom is -0.393 e. The van der Waals surface area contributed by atoms with Gasteiger partial charge in [0.2, 0.25) is 0 Å². The third kappa shape index (κ3) is 12.4. The maximum atomic E-state index is 11.1. The van der Waals surface area contributed by atoms with Crippen molar-refractivity contribution in [2.24, 2.45) is 0 Å². The third-order valence-electron chi connectivity index (χ3n) is 4.33. The van der Waals surface area contributed by atoms with Crippen molar-refractivity contribution in [2.45, 2.75) is 109 Å². The van der Waals surface area contributed by atoms with E-state index in [9.17, 15) is 13.5 Å². The summed E-state index contributed by atoms with van der Waals surface area (Å²) >= 11 is 0. The summed E-state index contributed by atoms with van der Waals surface area (Å²) in [6.45, 7) is 3.99. The predicted molar refractivity (Wildman–Crippen MR) is 92.7 cm³/mol. The fraction of sp³-hybridized carbons (Fsp3) is 1.00. The van der Waals surface area contributed by atoms with Crippen LogP contribution in [0.3, 0.4) is 0 Å². The Bertz CT molecular complexity index is 341. The van der Waals surface area contributed by atoms with Crippen LogP contribution in [-0.2, 0) is 10.1 Å². The van der Waals surface area contributed by atoms with E-state index in [-0.39, 0.29) is 6.10 Å². The standard InChI is InChI=1S/C17H36O4S/c1-3-5-6-7-10-13-16(18)14-11-8-9-12-15-17(4-2)22(19,20)21/h16-18H,3-15H2,1-2H3,(H,19,20,21). The van der Waals surface area contributed by atoms with Gasteiger partial charge in [0.25, 0.3) is 10.1 Å². The van der Waals surface area contributed by atoms with Gasteiger partial charge in [-0.2, -0.15) is 8.42 Å². The van der Waals surface area contributed by atoms with Crippen molar-refractivity contribution < 1.29 is 18.1 Å². The maximum Gasteiger partial charge on any atom is 0.267 e. The normalized spacial score (nSPS) is 14.9. The van der Waals surface area contributed by atoms with Crippen LogP contribution in [0.1, 0.15) is 97.3 Å². The topological polar surface area (TPSA) is 74.6 Å². The van der Waals surface area contributed by atoms with Crippen molar-refractivity contribution in [1.29, 1.82) is 0 Å². The lowest BCUT2D eigenvalue weighted by atomic mass is 10.0. The van der Waals surface area contributed by atoms with Crippen LogP contribution in [0.15, 0.2) is 0 Å². The number of hydrogen-bond acceptors (Lipinski definition) is 3. The maximum absolute atomic E-state index is 11.1. The molecule has 2 unspecified atom stereocenters. The first-order valence-corrected chi connectivity index (χ1v) is 10.6. The lowest BCUT2D eigenvalue weighted by Gasteiger charge is -2.12. The number of aliphatic hydroxyl groups is 1. The molecule has 0 aliphatic rings. The summed E-state index contributed by atoms with van der Waals surface area (Å²) in [7, 11) is -3.88. The molecule has 0 spiro atoms. The summed E-state index contributed by atoms with van der Waals surface area (Å²) in [5, 5.41) is 9.27. The Morgan fingerprint density at radius 1 is 0.773 bits per heavy atom. The summed E-state index contributed by atoms with van der Waals surface area (Å²) in [6.07, 6.45) is 12.6. The second kappa shape index (κ2) is 13.3. The molecule has 0 saturated heterocycles. The quantitative estimate of drug-likeness (QED) is 0.335. The van der Waals surface area contributed by atoms with Gasteiger partial charge in [0, 0.05) is 0 Å². The SMILES string of the molecule is CCCCCCCC(O)CCCCCCC(CC)S(=O)(=O)O. The molecular formula is C17H36O4S. The molecule has 0 aliphatic heterocycles. The molecule has 134 valence electrons. The van der Waals surface area contributed by atoms with E-state index in [2.05, 4.69) is 6.92 Å². The highest BCUT2D eigenvalue weighted by Gasteiger charge is 2.19. The van der Waals surface area contributed by atoms with E-state index in [0.29, 0.717) is 12.8 Å². The monoisotopic (exact) mass is 336 g/mol. The fourth-order valence-electron chi connectivity index (χ4n) is 2.80. The summed E-state index contributed by atoms with van der Waals surface area (Å²) in [5.41, 5.74) is 0. The molecular weight excluding hydrogens is 300 g/mol. The van der Waals surface area contributed by atoms with Crippen LogP contribution in [0.2, 0.25) is 0 Å². The van der Waals surface area contributed by atoms with E-state index in [1.807, 2.05) is 0 Å². The molecule has 0 bridgehead atoms. The van der Waals surface area contributed by atoms with Crippen molar-refractivity contribution in [3.63, 3.8) is 0 Å². The Balaban J connectivity index is 3.49. The first-order chi connectivity index (χ1) is 10.4. The van der Waals surface area contributed by atoms with Gasteiger partial charge < -0.3 is 5.11 Å². The number of hydrogen-bond donors (Lipinski definition) is 2. The first kappa shape index (κ1) is 21.9. The van der Waals surface area contributed by atoms with Gasteiger partial charge in [-0.1, -0.05) is 71.6 Å². The molecule has 0 radical (unpaired) electrons. The Kier molecular flexibility index (Phi) is 13.2. The van der Waals surface area contributed by atoms with Crippen molar-refractivity contribution in [2.75, 3.05) is 0 Å². The molecule has 4 nitrogen and oxygen atoms in total. The average Bonchev–Trinajstić information content (AvgIpc) is 2.45. The molecule has 0 aliphatic carbocycles. The van der Waals surface area contributed by atoms with Crippen molar-refractivity contribution in [3.8, 4) is 0 Å². The second-order valence-corrected chi connectivity index (χ2v) is 8.09. The fourth-order valence-corrected chi connectivity index (χ4v) is 3.68. The third-order valence-corrected chi connectivity index (χ3v) is 5.74. The van der Waals surface area contributed by atoms with Crippen molar-refractivity contribution >= 4 is 10.1 Å². The highest BCUT2D eigenvalue weighted by molar-refractivity contribution is 7.86. The van der Waals surface area contributed by atoms with Crippen LogP contribution in [0.4, 0.5) is 0 Å². The van der Waals surface area contributed by atoms with E-state index in [1.165, 1.54) is 25.7 Å². The first-order valence-electron chi connectivity index (χ1n) is 9.06. The van der Waals surface area contributed by atoms with Crippen LogP contribution < -0.4 is 0 Å². The van der Waals surface area contributed by atoms with Crippen LogP contribution >= 0.6 is 0 Å². The van der Waals surface area contributed by atoms with Crippen molar-refractivity contribution in [3.05, 3.63) is 0 Å². The summed E-state index contributed by atoms with van der Waals surface area (Å²) < 4.78 is 31.1. The molecule has 0 aromatic carbocycles. The Hall–Kier alpha value is -0.130. The molecule has 0 rings (SSSR count). The Morgan fingerprint density at radius 2 is 1.23 bits per heavy atom. The Morgan fingerprint density at radius 3 is 1.64 bits per heavy atom. The van der Waals surface area contributed by atoms with Gasteiger partial charge in [0.05, 0.1) is 11.4 Å². The Labute approximate surface area is 137 Å². The molecule has 2 N–H and O–H groups in total. The zero-order valence-corrected chi connectivity index (χ0v) is 15.3. The van der Waals surface area contributed by atoms with E-state index in [1.54, 1.807) is 6.92 Å². The average molecular weight is 337 g/mol. The zero-order chi connectivity index (χ0) is 16.8. The van der Waals surface area contributed by atoms with Gasteiger partial charge in [0.1, 0.15) is 0 Å². The summed E-state index contributed by atoms with van der Waals surface area (Å²) in [5.74, 6) is 0. The van der Waals surface area contributed by atoms with E-state index >= 15 is 0 Å². The van der Waals surface area contributed by atoms with Gasteiger partial charge >= 0.3 is 0 Å². The lowest BCUT2D eigenvalue weighted by molar-refractivity contribution is 0.147. The van der Waals surface area contributed by atoms with E-state index < -0.39 is 15.4 Å². The molecule has 0 aromatic rings. The highest BCUT2D eigenvalue weighted by Crippen LogP contribution is 2.16. The molecule has 0 saturated carbocycles. The van der Waals surface area contributed by atoms with Gasteiger partial charge in [0.15, 0.2) is 0 Å². The number of rotatable bonds is 15. The molecule has 2 atom stereocenters. The van der Waals surface area contributed by atoms with Gasteiger partial charge in [-0.05, 0) is 25.7 Å². The number of aliphatic hydroxyl groups excluding tert-OH is 1. The number of unbranched alkanes of at least 4 members (excludes halogenated alkanes) is 7. The largest absolute Gasteiger partial charge is 0.393 e. The lowest BCUT2D eigenvalue weighted by Crippen LogP contribution is -2.19. The van der Waals surface area contributed by atoms with E-state index in [0.717, 1.165) is 44.9 Å². The molecule has 0 amide bonds. The molecule has 0 aromatic heterocycles. The summed E-state index contributed by atoms with van der Waals surface area (Å²) in [4.78, 5) is 0. The summed E-state index contributed by atoms with van der Waals surface area (Å²) in [6, 6.07) is 0.